The number of aryl methyl sites for hydroxylation is 1. The van der Waals surface area contributed by atoms with E-state index < -0.39 is 0 Å². The van der Waals surface area contributed by atoms with Crippen LogP contribution in [0.3, 0.4) is 0 Å². The van der Waals surface area contributed by atoms with Crippen LogP contribution in [0.5, 0.6) is 0 Å². The summed E-state index contributed by atoms with van der Waals surface area (Å²) in [7, 11) is 2.90. The van der Waals surface area contributed by atoms with Crippen molar-refractivity contribution in [3.63, 3.8) is 0 Å². The molecule has 0 aliphatic carbocycles. The normalized spacial score (nSPS) is 11.5. The summed E-state index contributed by atoms with van der Waals surface area (Å²) in [5, 5.41) is 3.71. The largest absolute Gasteiger partial charge is 0.254 e. The van der Waals surface area contributed by atoms with Crippen molar-refractivity contribution in [2.24, 2.45) is 0 Å². The van der Waals surface area contributed by atoms with E-state index in [0.717, 1.165) is 16.7 Å². The van der Waals surface area contributed by atoms with Gasteiger partial charge >= 0.3 is 0 Å². The molecule has 3 rings (SSSR count). The Morgan fingerprint density at radius 3 is 2.35 bits per heavy atom. The van der Waals surface area contributed by atoms with Crippen LogP contribution in [-0.2, 0) is 0 Å². The van der Waals surface area contributed by atoms with Crippen molar-refractivity contribution in [2.45, 2.75) is 46.5 Å². The van der Waals surface area contributed by atoms with Crippen LogP contribution in [0.1, 0.15) is 56.4 Å². The van der Waals surface area contributed by atoms with Crippen LogP contribution in [0.2, 0.25) is 0 Å². The van der Waals surface area contributed by atoms with Crippen LogP contribution in [0.25, 0.3) is 21.8 Å². The molecule has 0 N–H and O–H groups in total. The van der Waals surface area contributed by atoms with Gasteiger partial charge in [0.2, 0.25) is 0 Å². The number of fused-ring (bicyclic) bond motifs is 3. The van der Waals surface area contributed by atoms with Crippen LogP contribution in [0.15, 0.2) is 24.4 Å². The van der Waals surface area contributed by atoms with Gasteiger partial charge in [0, 0.05) is 22.7 Å². The standard InChI is InChI=1S/C19H23N2P.BH3/c1-10(2)14-9-13-7-6-8-20-17(13)18-16(14)15(11(3)4)19(22)12(5)21-18;/h6-11H,22H2,1-5H3;1H3. The van der Waals surface area contributed by atoms with Crippen molar-refractivity contribution in [3.05, 3.63) is 41.2 Å². The van der Waals surface area contributed by atoms with Crippen molar-refractivity contribution in [1.29, 1.82) is 0 Å². The summed E-state index contributed by atoms with van der Waals surface area (Å²) in [5.41, 5.74) is 5.90. The molecule has 0 bridgehead atoms. The minimum Gasteiger partial charge on any atom is -0.254 e. The molecule has 0 fully saturated rings. The van der Waals surface area contributed by atoms with Gasteiger partial charge < -0.3 is 0 Å². The molecule has 1 aromatic carbocycles. The van der Waals surface area contributed by atoms with E-state index in [1.165, 1.54) is 27.2 Å². The van der Waals surface area contributed by atoms with E-state index >= 15 is 0 Å². The van der Waals surface area contributed by atoms with Gasteiger partial charge in [0.15, 0.2) is 0 Å². The second-order valence-corrected chi connectivity index (χ2v) is 7.18. The van der Waals surface area contributed by atoms with Gasteiger partial charge in [-0.2, -0.15) is 0 Å². The molecule has 3 aromatic rings. The summed E-state index contributed by atoms with van der Waals surface area (Å²) in [6.07, 6.45) is 1.86. The zero-order valence-electron chi connectivity index (χ0n) is 13.9. The second-order valence-electron chi connectivity index (χ2n) is 6.60. The van der Waals surface area contributed by atoms with Gasteiger partial charge in [-0.05, 0) is 47.3 Å². The summed E-state index contributed by atoms with van der Waals surface area (Å²) in [5.74, 6) is 0.911. The summed E-state index contributed by atoms with van der Waals surface area (Å²) in [6.45, 7) is 11.1. The molecule has 0 saturated carbocycles. The maximum atomic E-state index is 4.91. The van der Waals surface area contributed by atoms with Crippen molar-refractivity contribution < 1.29 is 0 Å². The summed E-state index contributed by atoms with van der Waals surface area (Å²) in [4.78, 5) is 9.52. The Balaban J connectivity index is 0.00000192. The average molecular weight is 324 g/mol. The topological polar surface area (TPSA) is 25.8 Å². The number of hydrogen-bond acceptors (Lipinski definition) is 2. The van der Waals surface area contributed by atoms with E-state index in [4.69, 9.17) is 4.98 Å². The van der Waals surface area contributed by atoms with Crippen LogP contribution in [-0.4, -0.2) is 18.4 Å². The van der Waals surface area contributed by atoms with Crippen LogP contribution in [0.4, 0.5) is 0 Å². The first kappa shape index (κ1) is 17.9. The Labute approximate surface area is 142 Å². The number of rotatable bonds is 2. The number of nitrogens with zero attached hydrogens (tertiary/aromatic N) is 2. The average Bonchev–Trinajstić information content (AvgIpc) is 2.47. The zero-order valence-corrected chi connectivity index (χ0v) is 15.1. The maximum Gasteiger partial charge on any atom is 0.0973 e. The number of hydrogen-bond donors (Lipinski definition) is 0. The molecule has 23 heavy (non-hydrogen) atoms. The third kappa shape index (κ3) is 2.88. The molecule has 0 aliphatic heterocycles. The summed E-state index contributed by atoms with van der Waals surface area (Å²) in [6, 6.07) is 6.43. The molecule has 2 heterocycles. The van der Waals surface area contributed by atoms with Gasteiger partial charge in [-0.3, -0.25) is 9.97 Å². The quantitative estimate of drug-likeness (QED) is 0.408. The number of pyridine rings is 2. The van der Waals surface area contributed by atoms with Crippen LogP contribution < -0.4 is 5.30 Å². The molecule has 2 nitrogen and oxygen atoms in total. The molecule has 4 heteroatoms. The lowest BCUT2D eigenvalue weighted by atomic mass is 9.88. The monoisotopic (exact) mass is 324 g/mol. The van der Waals surface area contributed by atoms with E-state index in [0.29, 0.717) is 11.8 Å². The van der Waals surface area contributed by atoms with Crippen molar-refractivity contribution in [3.8, 4) is 0 Å². The van der Waals surface area contributed by atoms with E-state index in [1.807, 2.05) is 12.3 Å². The Hall–Kier alpha value is -1.47. The highest BCUT2D eigenvalue weighted by atomic mass is 31.0. The lowest BCUT2D eigenvalue weighted by Crippen LogP contribution is -2.13. The predicted octanol–water partition coefficient (Wildman–Crippen LogP) is 3.65. The predicted molar refractivity (Wildman–Crippen MR) is 109 cm³/mol. The summed E-state index contributed by atoms with van der Waals surface area (Å²) >= 11 is 0. The third-order valence-corrected chi connectivity index (χ3v) is 5.06. The summed E-state index contributed by atoms with van der Waals surface area (Å²) < 4.78 is 0. The van der Waals surface area contributed by atoms with Crippen molar-refractivity contribution in [2.75, 3.05) is 0 Å². The highest BCUT2D eigenvalue weighted by Gasteiger charge is 2.19. The van der Waals surface area contributed by atoms with Gasteiger partial charge in [-0.1, -0.05) is 33.8 Å². The van der Waals surface area contributed by atoms with Gasteiger partial charge in [-0.15, -0.1) is 9.24 Å². The maximum absolute atomic E-state index is 4.91. The molecule has 0 radical (unpaired) electrons. The molecular formula is C19H26BN2P. The molecule has 2 aromatic heterocycles. The van der Waals surface area contributed by atoms with Crippen LogP contribution >= 0.6 is 9.24 Å². The fraction of sp³-hybridized carbons (Fsp3) is 0.368. The van der Waals surface area contributed by atoms with Gasteiger partial charge in [-0.25, -0.2) is 0 Å². The minimum absolute atomic E-state index is 0. The Bertz CT molecular complexity index is 872. The molecule has 1 atom stereocenters. The van der Waals surface area contributed by atoms with Crippen molar-refractivity contribution in [1.82, 2.24) is 9.97 Å². The van der Waals surface area contributed by atoms with Gasteiger partial charge in [0.05, 0.1) is 19.4 Å². The Morgan fingerprint density at radius 2 is 1.74 bits per heavy atom. The molecule has 0 saturated heterocycles. The van der Waals surface area contributed by atoms with Gasteiger partial charge in [0.25, 0.3) is 0 Å². The SMILES string of the molecule is B.Cc1nc2c(c(C(C)C)cc3cccnc32)c(C(C)C)c1P. The first-order valence-corrected chi connectivity index (χ1v) is 8.46. The highest BCUT2D eigenvalue weighted by molar-refractivity contribution is 7.27. The van der Waals surface area contributed by atoms with Crippen molar-refractivity contribution >= 4 is 44.8 Å². The first-order chi connectivity index (χ1) is 10.4. The van der Waals surface area contributed by atoms with E-state index in [-0.39, 0.29) is 8.41 Å². The first-order valence-electron chi connectivity index (χ1n) is 7.89. The molecular weight excluding hydrogens is 298 g/mol. The third-order valence-electron chi connectivity index (χ3n) is 4.33. The highest BCUT2D eigenvalue weighted by Crippen LogP contribution is 2.35. The molecule has 0 spiro atoms. The fourth-order valence-corrected chi connectivity index (χ4v) is 3.77. The Morgan fingerprint density at radius 1 is 1.04 bits per heavy atom. The fourth-order valence-electron chi connectivity index (χ4n) is 3.23. The lowest BCUT2D eigenvalue weighted by Gasteiger charge is -2.21. The smallest absolute Gasteiger partial charge is 0.0973 e. The van der Waals surface area contributed by atoms with E-state index in [9.17, 15) is 0 Å². The Kier molecular flexibility index (Phi) is 5.11. The van der Waals surface area contributed by atoms with Crippen LogP contribution in [0, 0.1) is 6.92 Å². The molecule has 120 valence electrons. The molecule has 0 amide bonds. The second kappa shape index (κ2) is 6.57. The van der Waals surface area contributed by atoms with Gasteiger partial charge in [0.1, 0.15) is 0 Å². The van der Waals surface area contributed by atoms with E-state index in [1.54, 1.807) is 0 Å². The number of aromatic nitrogens is 2. The zero-order chi connectivity index (χ0) is 16.0. The number of benzene rings is 1. The minimum atomic E-state index is 0. The molecule has 0 aliphatic rings. The van der Waals surface area contributed by atoms with E-state index in [2.05, 4.69) is 61.0 Å². The lowest BCUT2D eigenvalue weighted by molar-refractivity contribution is 0.856. The molecule has 1 unspecified atom stereocenters.